The van der Waals surface area contributed by atoms with E-state index in [1.807, 2.05) is 12.1 Å². The van der Waals surface area contributed by atoms with Gasteiger partial charge in [-0.1, -0.05) is 24.3 Å². The molecule has 0 saturated carbocycles. The van der Waals surface area contributed by atoms with E-state index in [1.54, 1.807) is 12.1 Å². The largest absolute Gasteiger partial charge is 0.289 e. The molecule has 0 aromatic heterocycles. The van der Waals surface area contributed by atoms with Crippen LogP contribution in [-0.2, 0) is 11.2 Å². The normalized spacial score (nSPS) is 16.3. The average molecular weight is 394 g/mol. The summed E-state index contributed by atoms with van der Waals surface area (Å²) in [6.07, 6.45) is 3.14. The number of allylic oxidation sites excluding steroid dienone is 2. The first-order valence-corrected chi connectivity index (χ1v) is 8.86. The molecule has 0 aliphatic heterocycles. The molecular weight excluding hydrogens is 380 g/mol. The summed E-state index contributed by atoms with van der Waals surface area (Å²) in [6, 6.07) is 13.2. The molecule has 144 valence electrons. The summed E-state index contributed by atoms with van der Waals surface area (Å²) < 4.78 is 54.2. The van der Waals surface area contributed by atoms with E-state index in [0.717, 1.165) is 42.0 Å². The Morgan fingerprint density at radius 3 is 1.79 bits per heavy atom. The van der Waals surface area contributed by atoms with E-state index in [4.69, 9.17) is 0 Å². The van der Waals surface area contributed by atoms with Crippen molar-refractivity contribution in [2.45, 2.75) is 6.42 Å². The van der Waals surface area contributed by atoms with Gasteiger partial charge in [-0.3, -0.25) is 4.79 Å². The van der Waals surface area contributed by atoms with Crippen LogP contribution in [0, 0.1) is 23.3 Å². The molecule has 29 heavy (non-hydrogen) atoms. The number of Topliss-reactive ketones (excluding diaryl/α,β-unsaturated/α-hetero) is 1. The summed E-state index contributed by atoms with van der Waals surface area (Å²) in [6.45, 7) is 0. The van der Waals surface area contributed by atoms with Crippen molar-refractivity contribution in [2.24, 2.45) is 0 Å². The van der Waals surface area contributed by atoms with E-state index in [9.17, 15) is 22.4 Å². The number of fused-ring (bicyclic) bond motifs is 1. The van der Waals surface area contributed by atoms with Crippen molar-refractivity contribution >= 4 is 23.5 Å². The fourth-order valence-electron chi connectivity index (χ4n) is 3.46. The van der Waals surface area contributed by atoms with Crippen molar-refractivity contribution in [2.75, 3.05) is 0 Å². The summed E-state index contributed by atoms with van der Waals surface area (Å²) in [7, 11) is 0. The average Bonchev–Trinajstić information content (AvgIpc) is 2.63. The predicted octanol–water partition coefficient (Wildman–Crippen LogP) is 5.99. The van der Waals surface area contributed by atoms with Gasteiger partial charge in [0, 0.05) is 29.7 Å². The molecule has 0 amide bonds. The Morgan fingerprint density at radius 1 is 0.690 bits per heavy atom. The molecular formula is C24H14F4O. The summed E-state index contributed by atoms with van der Waals surface area (Å²) >= 11 is 0. The molecule has 0 unspecified atom stereocenters. The first-order valence-electron chi connectivity index (χ1n) is 8.86. The summed E-state index contributed by atoms with van der Waals surface area (Å²) in [5.74, 6) is -3.35. The van der Waals surface area contributed by atoms with E-state index in [1.165, 1.54) is 12.2 Å². The molecule has 1 aliphatic carbocycles. The minimum absolute atomic E-state index is 0.207. The van der Waals surface area contributed by atoms with Gasteiger partial charge in [0.1, 0.15) is 23.3 Å². The monoisotopic (exact) mass is 394 g/mol. The third kappa shape index (κ3) is 4.04. The molecule has 0 fully saturated rings. The molecule has 3 aromatic carbocycles. The number of hydrogen-bond acceptors (Lipinski definition) is 1. The maximum absolute atomic E-state index is 13.6. The lowest BCUT2D eigenvalue weighted by Gasteiger charge is -2.21. The maximum atomic E-state index is 13.6. The van der Waals surface area contributed by atoms with Crippen molar-refractivity contribution in [1.82, 2.24) is 0 Å². The lowest BCUT2D eigenvalue weighted by molar-refractivity contribution is -0.110. The highest BCUT2D eigenvalue weighted by Gasteiger charge is 2.25. The van der Waals surface area contributed by atoms with E-state index in [2.05, 4.69) is 0 Å². The van der Waals surface area contributed by atoms with Gasteiger partial charge in [-0.05, 0) is 58.7 Å². The number of hydrogen-bond donors (Lipinski definition) is 0. The van der Waals surface area contributed by atoms with Gasteiger partial charge in [-0.2, -0.15) is 0 Å². The Hall–Kier alpha value is -3.47. The van der Waals surface area contributed by atoms with E-state index < -0.39 is 23.3 Å². The van der Waals surface area contributed by atoms with E-state index >= 15 is 0 Å². The minimum atomic E-state index is -0.751. The van der Waals surface area contributed by atoms with Crippen LogP contribution in [-0.4, -0.2) is 5.78 Å². The number of ketones is 1. The molecule has 1 aliphatic rings. The van der Waals surface area contributed by atoms with Crippen molar-refractivity contribution in [3.05, 3.63) is 112 Å². The van der Waals surface area contributed by atoms with Crippen molar-refractivity contribution in [3.8, 4) is 0 Å². The second kappa shape index (κ2) is 7.51. The van der Waals surface area contributed by atoms with Gasteiger partial charge in [0.15, 0.2) is 5.78 Å². The number of rotatable bonds is 2. The molecule has 0 atom stereocenters. The predicted molar refractivity (Wildman–Crippen MR) is 104 cm³/mol. The van der Waals surface area contributed by atoms with Gasteiger partial charge in [0.2, 0.25) is 0 Å². The Morgan fingerprint density at radius 2 is 1.21 bits per heavy atom. The first-order chi connectivity index (χ1) is 13.9. The Bertz CT molecular complexity index is 1150. The molecule has 1 nitrogen and oxygen atoms in total. The third-order valence-electron chi connectivity index (χ3n) is 4.65. The second-order valence-electron chi connectivity index (χ2n) is 6.80. The molecule has 4 rings (SSSR count). The van der Waals surface area contributed by atoms with Gasteiger partial charge >= 0.3 is 0 Å². The van der Waals surface area contributed by atoms with E-state index in [0.29, 0.717) is 11.1 Å². The molecule has 0 heterocycles. The zero-order valence-corrected chi connectivity index (χ0v) is 15.1. The van der Waals surface area contributed by atoms with Crippen LogP contribution in [0.4, 0.5) is 17.6 Å². The SMILES string of the molecule is O=C1/C(=C/c2cc(F)cc(F)c2)Cc2ccccc2/C1=C\c1cc(F)cc(F)c1. The van der Waals surface area contributed by atoms with Crippen LogP contribution in [0.5, 0.6) is 0 Å². The van der Waals surface area contributed by atoms with E-state index in [-0.39, 0.29) is 28.9 Å². The Balaban J connectivity index is 1.85. The highest BCUT2D eigenvalue weighted by atomic mass is 19.1. The van der Waals surface area contributed by atoms with Crippen molar-refractivity contribution < 1.29 is 22.4 Å². The molecule has 0 radical (unpaired) electrons. The number of benzene rings is 3. The van der Waals surface area contributed by atoms with Crippen LogP contribution in [0.1, 0.15) is 22.3 Å². The van der Waals surface area contributed by atoms with Crippen LogP contribution >= 0.6 is 0 Å². The van der Waals surface area contributed by atoms with Crippen LogP contribution < -0.4 is 0 Å². The van der Waals surface area contributed by atoms with Crippen LogP contribution in [0.3, 0.4) is 0 Å². The maximum Gasteiger partial charge on any atom is 0.189 e. The van der Waals surface area contributed by atoms with Crippen molar-refractivity contribution in [1.29, 1.82) is 0 Å². The standard InChI is InChI=1S/C24H14F4O/c25-18-6-14(7-19(26)12-18)5-17-11-16-3-1-2-4-22(16)23(24(17)29)10-15-8-20(27)13-21(28)9-15/h1-10,12-13H,11H2/b17-5+,23-10+. The van der Waals surface area contributed by atoms with Crippen LogP contribution in [0.25, 0.3) is 17.7 Å². The second-order valence-corrected chi connectivity index (χ2v) is 6.80. The third-order valence-corrected chi connectivity index (χ3v) is 4.65. The van der Waals surface area contributed by atoms with Gasteiger partial charge in [-0.15, -0.1) is 0 Å². The zero-order chi connectivity index (χ0) is 20.5. The fourth-order valence-corrected chi connectivity index (χ4v) is 3.46. The minimum Gasteiger partial charge on any atom is -0.289 e. The summed E-state index contributed by atoms with van der Waals surface area (Å²) in [4.78, 5) is 13.1. The summed E-state index contributed by atoms with van der Waals surface area (Å²) in [5.41, 5.74) is 2.51. The van der Waals surface area contributed by atoms with Gasteiger partial charge < -0.3 is 0 Å². The molecule has 0 bridgehead atoms. The Kier molecular flexibility index (Phi) is 4.89. The number of halogens is 4. The van der Waals surface area contributed by atoms with Gasteiger partial charge in [0.05, 0.1) is 0 Å². The number of carbonyl (C=O) groups is 1. The highest BCUT2D eigenvalue weighted by Crippen LogP contribution is 2.34. The summed E-state index contributed by atoms with van der Waals surface area (Å²) in [5, 5.41) is 0. The zero-order valence-electron chi connectivity index (χ0n) is 15.1. The van der Waals surface area contributed by atoms with Gasteiger partial charge in [0.25, 0.3) is 0 Å². The molecule has 0 N–H and O–H groups in total. The van der Waals surface area contributed by atoms with Crippen LogP contribution in [0.2, 0.25) is 0 Å². The smallest absolute Gasteiger partial charge is 0.189 e. The molecule has 3 aromatic rings. The topological polar surface area (TPSA) is 17.1 Å². The first kappa shape index (κ1) is 18.9. The number of carbonyl (C=O) groups excluding carboxylic acids is 1. The quantitative estimate of drug-likeness (QED) is 0.385. The highest BCUT2D eigenvalue weighted by molar-refractivity contribution is 6.35. The van der Waals surface area contributed by atoms with Crippen molar-refractivity contribution in [3.63, 3.8) is 0 Å². The van der Waals surface area contributed by atoms with Gasteiger partial charge in [-0.25, -0.2) is 17.6 Å². The molecule has 0 spiro atoms. The molecule has 5 heteroatoms. The Labute approximate surface area is 164 Å². The lowest BCUT2D eigenvalue weighted by Crippen LogP contribution is -2.16. The van der Waals surface area contributed by atoms with Crippen LogP contribution in [0.15, 0.2) is 66.2 Å². The molecule has 0 saturated heterocycles. The fraction of sp³-hybridized carbons (Fsp3) is 0.0417. The lowest BCUT2D eigenvalue weighted by atomic mass is 9.81.